The van der Waals surface area contributed by atoms with Gasteiger partial charge in [0.25, 0.3) is 0 Å². The highest BCUT2D eigenvalue weighted by Crippen LogP contribution is 2.32. The molecule has 0 heterocycles. The molecular weight excluding hydrogens is 284 g/mol. The minimum atomic E-state index is -1.12. The molecule has 1 amide bonds. The van der Waals surface area contributed by atoms with Crippen LogP contribution in [0.4, 0.5) is 10.5 Å². The number of halogens is 1. The first kappa shape index (κ1) is 11.4. The molecule has 2 aromatic carbocycles. The van der Waals surface area contributed by atoms with Crippen molar-refractivity contribution in [2.75, 3.05) is 5.32 Å². The Labute approximate surface area is 106 Å². The summed E-state index contributed by atoms with van der Waals surface area (Å²) in [7, 11) is 0. The zero-order valence-electron chi connectivity index (χ0n) is 8.57. The van der Waals surface area contributed by atoms with Crippen LogP contribution in [0.2, 0.25) is 0 Å². The van der Waals surface area contributed by atoms with E-state index in [0.717, 1.165) is 10.8 Å². The second-order valence-electron chi connectivity index (χ2n) is 3.37. The monoisotopic (exact) mass is 290 g/mol. The molecule has 0 aliphatic carbocycles. The smallest absolute Gasteiger partial charge is 0.409 e. The number of amides is 1. The SMILES string of the molecule is N#Cc1cccc2c(Br)c(NC(=O)O)ccc12. The molecular formula is C12H7BrN2O2. The molecule has 0 aliphatic rings. The van der Waals surface area contributed by atoms with Gasteiger partial charge in [0.15, 0.2) is 0 Å². The Morgan fingerprint density at radius 1 is 1.29 bits per heavy atom. The van der Waals surface area contributed by atoms with E-state index in [-0.39, 0.29) is 0 Å². The lowest BCUT2D eigenvalue weighted by Gasteiger charge is -2.08. The number of nitriles is 1. The van der Waals surface area contributed by atoms with Crippen LogP contribution in [0.3, 0.4) is 0 Å². The molecule has 0 saturated carbocycles. The molecule has 4 nitrogen and oxygen atoms in total. The van der Waals surface area contributed by atoms with E-state index in [2.05, 4.69) is 27.3 Å². The first-order chi connectivity index (χ1) is 8.13. The first-order valence-electron chi connectivity index (χ1n) is 4.75. The number of fused-ring (bicyclic) bond motifs is 1. The van der Waals surface area contributed by atoms with Crippen LogP contribution in [0.25, 0.3) is 10.8 Å². The highest BCUT2D eigenvalue weighted by atomic mass is 79.9. The van der Waals surface area contributed by atoms with Gasteiger partial charge < -0.3 is 5.11 Å². The first-order valence-corrected chi connectivity index (χ1v) is 5.54. The normalized spacial score (nSPS) is 9.88. The Morgan fingerprint density at radius 2 is 2.06 bits per heavy atom. The Balaban J connectivity index is 2.69. The number of carbonyl (C=O) groups is 1. The average Bonchev–Trinajstić information content (AvgIpc) is 2.31. The van der Waals surface area contributed by atoms with Gasteiger partial charge in [0, 0.05) is 9.86 Å². The van der Waals surface area contributed by atoms with Gasteiger partial charge in [-0.25, -0.2) is 4.79 Å². The molecule has 0 aliphatic heterocycles. The Kier molecular flexibility index (Phi) is 2.98. The van der Waals surface area contributed by atoms with Crippen LogP contribution in [0.1, 0.15) is 5.56 Å². The summed E-state index contributed by atoms with van der Waals surface area (Å²) in [4.78, 5) is 10.6. The van der Waals surface area contributed by atoms with Crippen molar-refractivity contribution in [3.63, 3.8) is 0 Å². The standard InChI is InChI=1S/C12H7BrN2O2/c13-11-9-3-1-2-7(6-14)8(9)4-5-10(11)15-12(16)17/h1-5,15H,(H,16,17). The Hall–Kier alpha value is -2.06. The highest BCUT2D eigenvalue weighted by Gasteiger charge is 2.09. The topological polar surface area (TPSA) is 73.1 Å². The third-order valence-electron chi connectivity index (χ3n) is 2.36. The van der Waals surface area contributed by atoms with Gasteiger partial charge in [0.1, 0.15) is 0 Å². The van der Waals surface area contributed by atoms with Gasteiger partial charge in [-0.1, -0.05) is 18.2 Å². The minimum absolute atomic E-state index is 0.458. The quantitative estimate of drug-likeness (QED) is 0.843. The van der Waals surface area contributed by atoms with Crippen molar-refractivity contribution in [2.45, 2.75) is 0 Å². The maximum absolute atomic E-state index is 10.6. The van der Waals surface area contributed by atoms with Crippen molar-refractivity contribution in [3.05, 3.63) is 40.4 Å². The molecule has 0 aromatic heterocycles. The summed E-state index contributed by atoms with van der Waals surface area (Å²) in [6.07, 6.45) is -1.12. The maximum atomic E-state index is 10.6. The fraction of sp³-hybridized carbons (Fsp3) is 0. The minimum Gasteiger partial charge on any atom is -0.465 e. The van der Waals surface area contributed by atoms with Crippen LogP contribution in [0.5, 0.6) is 0 Å². The number of hydrogen-bond acceptors (Lipinski definition) is 2. The molecule has 5 heteroatoms. The molecule has 0 spiro atoms. The van der Waals surface area contributed by atoms with E-state index < -0.39 is 6.09 Å². The predicted octanol–water partition coefficient (Wildman–Crippen LogP) is 3.56. The third kappa shape index (κ3) is 2.08. The van der Waals surface area contributed by atoms with Gasteiger partial charge in [-0.3, -0.25) is 5.32 Å². The van der Waals surface area contributed by atoms with E-state index in [9.17, 15) is 4.79 Å². The van der Waals surface area contributed by atoms with Crippen molar-refractivity contribution in [3.8, 4) is 6.07 Å². The third-order valence-corrected chi connectivity index (χ3v) is 3.21. The maximum Gasteiger partial charge on any atom is 0.409 e. The summed E-state index contributed by atoms with van der Waals surface area (Å²) < 4.78 is 0.634. The zero-order valence-corrected chi connectivity index (χ0v) is 10.2. The van der Waals surface area contributed by atoms with Gasteiger partial charge >= 0.3 is 6.09 Å². The van der Waals surface area contributed by atoms with Crippen LogP contribution in [0.15, 0.2) is 34.8 Å². The fourth-order valence-corrected chi connectivity index (χ4v) is 2.21. The van der Waals surface area contributed by atoms with E-state index in [0.29, 0.717) is 15.7 Å². The molecule has 2 aromatic rings. The molecule has 2 N–H and O–H groups in total. The van der Waals surface area contributed by atoms with E-state index in [1.54, 1.807) is 24.3 Å². The second kappa shape index (κ2) is 4.44. The van der Waals surface area contributed by atoms with Crippen LogP contribution < -0.4 is 5.32 Å². The second-order valence-corrected chi connectivity index (χ2v) is 4.16. The van der Waals surface area contributed by atoms with Crippen molar-refractivity contribution in [1.29, 1.82) is 5.26 Å². The zero-order chi connectivity index (χ0) is 12.4. The lowest BCUT2D eigenvalue weighted by Crippen LogP contribution is -2.07. The van der Waals surface area contributed by atoms with E-state index in [1.165, 1.54) is 0 Å². The number of nitrogens with zero attached hydrogens (tertiary/aromatic N) is 1. The van der Waals surface area contributed by atoms with Crippen molar-refractivity contribution >= 4 is 38.5 Å². The molecule has 0 atom stereocenters. The Bertz CT molecular complexity index is 647. The molecule has 2 rings (SSSR count). The van der Waals surface area contributed by atoms with Gasteiger partial charge in [-0.05, 0) is 33.4 Å². The van der Waals surface area contributed by atoms with Crippen molar-refractivity contribution in [2.24, 2.45) is 0 Å². The predicted molar refractivity (Wildman–Crippen MR) is 68.0 cm³/mol. The Morgan fingerprint density at radius 3 is 2.71 bits per heavy atom. The fourth-order valence-electron chi connectivity index (χ4n) is 1.63. The number of anilines is 1. The molecule has 0 radical (unpaired) electrons. The highest BCUT2D eigenvalue weighted by molar-refractivity contribution is 9.10. The lowest BCUT2D eigenvalue weighted by atomic mass is 10.0. The number of nitrogens with one attached hydrogen (secondary N) is 1. The van der Waals surface area contributed by atoms with Crippen molar-refractivity contribution < 1.29 is 9.90 Å². The molecule has 0 fully saturated rings. The summed E-state index contributed by atoms with van der Waals surface area (Å²) in [6, 6.07) is 10.8. The number of rotatable bonds is 1. The van der Waals surface area contributed by atoms with Gasteiger partial charge in [0.2, 0.25) is 0 Å². The number of benzene rings is 2. The summed E-state index contributed by atoms with van der Waals surface area (Å²) >= 11 is 3.34. The van der Waals surface area contributed by atoms with Gasteiger partial charge in [-0.15, -0.1) is 0 Å². The lowest BCUT2D eigenvalue weighted by molar-refractivity contribution is 0.209. The van der Waals surface area contributed by atoms with Crippen LogP contribution in [-0.2, 0) is 0 Å². The van der Waals surface area contributed by atoms with Gasteiger partial charge in [0.05, 0.1) is 17.3 Å². The summed E-state index contributed by atoms with van der Waals surface area (Å²) in [5.74, 6) is 0. The molecule has 17 heavy (non-hydrogen) atoms. The average molecular weight is 291 g/mol. The molecule has 0 saturated heterocycles. The van der Waals surface area contributed by atoms with Gasteiger partial charge in [-0.2, -0.15) is 5.26 Å². The van der Waals surface area contributed by atoms with E-state index in [1.807, 2.05) is 6.07 Å². The summed E-state index contributed by atoms with van der Waals surface area (Å²) in [6.45, 7) is 0. The largest absolute Gasteiger partial charge is 0.465 e. The molecule has 84 valence electrons. The van der Waals surface area contributed by atoms with Crippen LogP contribution in [-0.4, -0.2) is 11.2 Å². The van der Waals surface area contributed by atoms with E-state index in [4.69, 9.17) is 10.4 Å². The number of carboxylic acid groups (broad SMARTS) is 1. The molecule has 0 unspecified atom stereocenters. The summed E-state index contributed by atoms with van der Waals surface area (Å²) in [5, 5.41) is 21.5. The van der Waals surface area contributed by atoms with Crippen LogP contribution in [0, 0.1) is 11.3 Å². The van der Waals surface area contributed by atoms with E-state index >= 15 is 0 Å². The molecule has 0 bridgehead atoms. The number of hydrogen-bond donors (Lipinski definition) is 2. The summed E-state index contributed by atoms with van der Waals surface area (Å²) in [5.41, 5.74) is 1.02. The van der Waals surface area contributed by atoms with Crippen molar-refractivity contribution in [1.82, 2.24) is 0 Å². The van der Waals surface area contributed by atoms with Crippen LogP contribution >= 0.6 is 15.9 Å².